The molecule has 0 unspecified atom stereocenters. The van der Waals surface area contributed by atoms with Crippen LogP contribution in [-0.4, -0.2) is 11.8 Å². The molecule has 3 aromatic rings. The van der Waals surface area contributed by atoms with Crippen molar-refractivity contribution in [1.82, 2.24) is 0 Å². The highest BCUT2D eigenvalue weighted by molar-refractivity contribution is 6.03. The number of carbonyl (C=O) groups is 2. The summed E-state index contributed by atoms with van der Waals surface area (Å²) in [5.74, 6) is -0.431. The van der Waals surface area contributed by atoms with Crippen molar-refractivity contribution >= 4 is 35.3 Å². The van der Waals surface area contributed by atoms with Crippen LogP contribution in [0.15, 0.2) is 84.9 Å². The predicted molar refractivity (Wildman–Crippen MR) is 152 cm³/mol. The summed E-state index contributed by atoms with van der Waals surface area (Å²) in [6, 6.07) is 23.4. The molecule has 0 saturated heterocycles. The smallest absolute Gasteiger partial charge is 0.248 e. The molecule has 0 aliphatic heterocycles. The Balaban J connectivity index is 1.51. The van der Waals surface area contributed by atoms with Crippen molar-refractivity contribution in [2.24, 2.45) is 0 Å². The summed E-state index contributed by atoms with van der Waals surface area (Å²) in [4.78, 5) is 24.6. The van der Waals surface area contributed by atoms with Crippen LogP contribution in [0.1, 0.15) is 63.8 Å². The van der Waals surface area contributed by atoms with Gasteiger partial charge in [0.2, 0.25) is 11.8 Å². The third kappa shape index (κ3) is 8.09. The van der Waals surface area contributed by atoms with Gasteiger partial charge in [-0.2, -0.15) is 0 Å². The van der Waals surface area contributed by atoms with Crippen LogP contribution in [0, 0.1) is 0 Å². The van der Waals surface area contributed by atoms with Crippen molar-refractivity contribution in [3.8, 4) is 0 Å². The number of hydrogen-bond acceptors (Lipinski definition) is 2. The lowest BCUT2D eigenvalue weighted by Gasteiger charge is -2.18. The van der Waals surface area contributed by atoms with Crippen LogP contribution in [0.2, 0.25) is 0 Å². The molecule has 0 aliphatic carbocycles. The Hall–Kier alpha value is -3.92. The molecule has 4 heteroatoms. The molecule has 0 atom stereocenters. The standard InChI is InChI=1S/C32H36N2O2/c1-31(2,3)25-13-7-23(8-14-25)11-21-29(35)33-27-17-19-28(20-18-27)34-30(36)22-12-24-9-15-26(16-10-24)32(4,5)6/h7-22H,1-6H3,(H,33,35)(H,34,36). The van der Waals surface area contributed by atoms with Crippen LogP contribution >= 0.6 is 0 Å². The van der Waals surface area contributed by atoms with Crippen molar-refractivity contribution in [3.63, 3.8) is 0 Å². The Labute approximate surface area is 215 Å². The average molecular weight is 481 g/mol. The van der Waals surface area contributed by atoms with Gasteiger partial charge in [0.05, 0.1) is 0 Å². The Kier molecular flexibility index (Phi) is 8.31. The molecule has 0 radical (unpaired) electrons. The van der Waals surface area contributed by atoms with Gasteiger partial charge in [-0.05, 0) is 69.5 Å². The van der Waals surface area contributed by atoms with E-state index in [1.807, 2.05) is 24.3 Å². The molecule has 2 amide bonds. The third-order valence-electron chi connectivity index (χ3n) is 5.83. The summed E-state index contributed by atoms with van der Waals surface area (Å²) in [5, 5.41) is 5.68. The normalized spacial score (nSPS) is 12.2. The number of benzene rings is 3. The van der Waals surface area contributed by atoms with Crippen molar-refractivity contribution < 1.29 is 9.59 Å². The fraction of sp³-hybridized carbons (Fsp3) is 0.250. The van der Waals surface area contributed by atoms with Crippen LogP contribution in [-0.2, 0) is 20.4 Å². The first-order valence-corrected chi connectivity index (χ1v) is 12.2. The maximum Gasteiger partial charge on any atom is 0.248 e. The third-order valence-corrected chi connectivity index (χ3v) is 5.83. The van der Waals surface area contributed by atoms with Crippen LogP contribution in [0.4, 0.5) is 11.4 Å². The second-order valence-electron chi connectivity index (χ2n) is 11.0. The van der Waals surface area contributed by atoms with Crippen LogP contribution < -0.4 is 10.6 Å². The Bertz CT molecular complexity index is 1140. The first-order chi connectivity index (χ1) is 16.9. The predicted octanol–water partition coefficient (Wildman–Crippen LogP) is 7.59. The molecule has 3 aromatic carbocycles. The summed E-state index contributed by atoms with van der Waals surface area (Å²) in [6.07, 6.45) is 6.61. The van der Waals surface area contributed by atoms with Crippen molar-refractivity contribution in [1.29, 1.82) is 0 Å². The summed E-state index contributed by atoms with van der Waals surface area (Å²) in [6.45, 7) is 13.0. The van der Waals surface area contributed by atoms with Gasteiger partial charge in [0.15, 0.2) is 0 Å². The maximum absolute atomic E-state index is 12.3. The van der Waals surface area contributed by atoms with E-state index in [0.717, 1.165) is 11.1 Å². The number of hydrogen-bond donors (Lipinski definition) is 2. The topological polar surface area (TPSA) is 58.2 Å². The lowest BCUT2D eigenvalue weighted by atomic mass is 9.87. The van der Waals surface area contributed by atoms with Crippen molar-refractivity contribution in [2.75, 3.05) is 10.6 Å². The molecular weight excluding hydrogens is 444 g/mol. The number of nitrogens with one attached hydrogen (secondary N) is 2. The Morgan fingerprint density at radius 1 is 0.528 bits per heavy atom. The number of amides is 2. The van der Waals surface area contributed by atoms with Crippen molar-refractivity contribution in [2.45, 2.75) is 52.4 Å². The quantitative estimate of drug-likeness (QED) is 0.357. The van der Waals surface area contributed by atoms with Crippen molar-refractivity contribution in [3.05, 3.63) is 107 Å². The maximum atomic E-state index is 12.3. The van der Waals surface area contributed by atoms with E-state index in [2.05, 4.69) is 76.4 Å². The lowest BCUT2D eigenvalue weighted by Crippen LogP contribution is -2.10. The highest BCUT2D eigenvalue weighted by Crippen LogP contribution is 2.23. The largest absolute Gasteiger partial charge is 0.323 e. The molecule has 0 saturated carbocycles. The van der Waals surface area contributed by atoms with Gasteiger partial charge in [0.1, 0.15) is 0 Å². The molecule has 0 aromatic heterocycles. The van der Waals surface area contributed by atoms with Crippen LogP contribution in [0.25, 0.3) is 12.2 Å². The zero-order valence-corrected chi connectivity index (χ0v) is 22.1. The molecule has 3 rings (SSSR count). The molecule has 2 N–H and O–H groups in total. The summed E-state index contributed by atoms with van der Waals surface area (Å²) in [7, 11) is 0. The van der Waals surface area contributed by atoms with Gasteiger partial charge in [-0.15, -0.1) is 0 Å². The monoisotopic (exact) mass is 480 g/mol. The van der Waals surface area contributed by atoms with Crippen LogP contribution in [0.5, 0.6) is 0 Å². The molecule has 0 heterocycles. The van der Waals surface area contributed by atoms with Gasteiger partial charge in [-0.3, -0.25) is 9.59 Å². The van der Waals surface area contributed by atoms with E-state index < -0.39 is 0 Å². The van der Waals surface area contributed by atoms with Gasteiger partial charge in [-0.1, -0.05) is 90.1 Å². The fourth-order valence-corrected chi connectivity index (χ4v) is 3.54. The van der Waals surface area contributed by atoms with Gasteiger partial charge in [-0.25, -0.2) is 0 Å². The molecular formula is C32H36N2O2. The van der Waals surface area contributed by atoms with E-state index in [0.29, 0.717) is 11.4 Å². The van der Waals surface area contributed by atoms with E-state index >= 15 is 0 Å². The minimum absolute atomic E-state index is 0.0971. The lowest BCUT2D eigenvalue weighted by molar-refractivity contribution is -0.112. The minimum Gasteiger partial charge on any atom is -0.323 e. The fourth-order valence-electron chi connectivity index (χ4n) is 3.54. The molecule has 36 heavy (non-hydrogen) atoms. The second kappa shape index (κ2) is 11.2. The molecule has 0 aliphatic rings. The Morgan fingerprint density at radius 3 is 1.11 bits per heavy atom. The first-order valence-electron chi connectivity index (χ1n) is 12.2. The van der Waals surface area contributed by atoms with E-state index in [9.17, 15) is 9.59 Å². The van der Waals surface area contributed by atoms with Gasteiger partial charge >= 0.3 is 0 Å². The summed E-state index contributed by atoms with van der Waals surface area (Å²) >= 11 is 0. The Morgan fingerprint density at radius 2 is 0.833 bits per heavy atom. The second-order valence-corrected chi connectivity index (χ2v) is 11.0. The van der Waals surface area contributed by atoms with E-state index in [4.69, 9.17) is 0 Å². The SMILES string of the molecule is CC(C)(C)c1ccc(C=CC(=O)Nc2ccc(NC(=O)C=Cc3ccc(C(C)(C)C)cc3)cc2)cc1. The summed E-state index contributed by atoms with van der Waals surface area (Å²) < 4.78 is 0. The van der Waals surface area contributed by atoms with Gasteiger partial charge in [0.25, 0.3) is 0 Å². The molecule has 4 nitrogen and oxygen atoms in total. The zero-order chi connectivity index (χ0) is 26.3. The molecule has 0 bridgehead atoms. The van der Waals surface area contributed by atoms with E-state index in [-0.39, 0.29) is 22.6 Å². The highest BCUT2D eigenvalue weighted by Gasteiger charge is 2.13. The number of carbonyl (C=O) groups excluding carboxylic acids is 2. The first kappa shape index (κ1) is 26.7. The van der Waals surface area contributed by atoms with E-state index in [1.54, 1.807) is 36.4 Å². The number of anilines is 2. The highest BCUT2D eigenvalue weighted by atomic mass is 16.2. The zero-order valence-electron chi connectivity index (χ0n) is 22.1. The summed E-state index contributed by atoms with van der Waals surface area (Å²) in [5.41, 5.74) is 5.94. The van der Waals surface area contributed by atoms with Crippen LogP contribution in [0.3, 0.4) is 0 Å². The van der Waals surface area contributed by atoms with E-state index in [1.165, 1.54) is 23.3 Å². The molecule has 0 fully saturated rings. The average Bonchev–Trinajstić information content (AvgIpc) is 2.82. The molecule has 186 valence electrons. The molecule has 0 spiro atoms. The van der Waals surface area contributed by atoms with Gasteiger partial charge < -0.3 is 10.6 Å². The van der Waals surface area contributed by atoms with Gasteiger partial charge in [0, 0.05) is 23.5 Å². The number of rotatable bonds is 6. The minimum atomic E-state index is -0.216.